The largest absolute Gasteiger partial charge is 0.508 e. The lowest BCUT2D eigenvalue weighted by molar-refractivity contribution is 0.0191. The summed E-state index contributed by atoms with van der Waals surface area (Å²) in [4.78, 5) is 39.4. The topological polar surface area (TPSA) is 164 Å². The number of esters is 1. The van der Waals surface area contributed by atoms with Gasteiger partial charge in [0.15, 0.2) is 0 Å². The maximum Gasteiger partial charge on any atom is 0.338 e. The lowest BCUT2D eigenvalue weighted by Gasteiger charge is -2.26. The second-order valence-electron chi connectivity index (χ2n) is 9.17. The first-order chi connectivity index (χ1) is 19.2. The zero-order valence-corrected chi connectivity index (χ0v) is 22.0. The van der Waals surface area contributed by atoms with Crippen LogP contribution in [0.5, 0.6) is 28.7 Å². The van der Waals surface area contributed by atoms with E-state index in [4.69, 9.17) is 14.2 Å². The second-order valence-corrected chi connectivity index (χ2v) is 9.17. The van der Waals surface area contributed by atoms with Crippen LogP contribution in [0.1, 0.15) is 49.5 Å². The zero-order valence-electron chi connectivity index (χ0n) is 22.0. The molecule has 40 heavy (non-hydrogen) atoms. The van der Waals surface area contributed by atoms with Crippen LogP contribution in [0.25, 0.3) is 0 Å². The minimum Gasteiger partial charge on any atom is -0.508 e. The van der Waals surface area contributed by atoms with Gasteiger partial charge < -0.3 is 40.2 Å². The van der Waals surface area contributed by atoms with Crippen molar-refractivity contribution in [2.24, 2.45) is 0 Å². The first-order valence-electron chi connectivity index (χ1n) is 12.6. The van der Waals surface area contributed by atoms with Gasteiger partial charge in [0, 0.05) is 12.1 Å². The van der Waals surface area contributed by atoms with E-state index in [0.717, 1.165) is 0 Å². The van der Waals surface area contributed by atoms with Crippen LogP contribution in [-0.4, -0.2) is 72.4 Å². The van der Waals surface area contributed by atoms with E-state index in [-0.39, 0.29) is 39.8 Å². The number of methoxy groups -OCH3 is 2. The molecule has 0 radical (unpaired) electrons. The summed E-state index contributed by atoms with van der Waals surface area (Å²) in [6.45, 7) is 1.04. The number of carbonyl (C=O) groups is 3. The first-order valence-corrected chi connectivity index (χ1v) is 12.6. The van der Waals surface area contributed by atoms with Gasteiger partial charge in [-0.3, -0.25) is 9.59 Å². The first kappa shape index (κ1) is 28.2. The minimum atomic E-state index is -0.768. The summed E-state index contributed by atoms with van der Waals surface area (Å²) in [5, 5.41) is 36.0. The molecule has 1 amide bonds. The predicted molar refractivity (Wildman–Crippen MR) is 143 cm³/mol. The number of hydrogen-bond donors (Lipinski definition) is 5. The highest BCUT2D eigenvalue weighted by Gasteiger charge is 2.31. The standard InChI is InChI=1S/C29H30N2O9/c1-38-23-13-17(14-24(39-2)26(23)27(35)25-20(33)5-3-6-21(25)34)29(37)40-22-7-4-12-30-15-19(22)31-28(36)16-8-10-18(32)11-9-16/h3,5-6,8-11,13-14,19,22,30,32-34H,4,7,12,15H2,1-2H3,(H,31,36)/t19-,22-/m1/s1. The molecule has 0 unspecified atom stereocenters. The molecule has 0 aromatic heterocycles. The third-order valence-electron chi connectivity index (χ3n) is 6.58. The molecule has 4 rings (SSSR count). The molecule has 0 aliphatic carbocycles. The van der Waals surface area contributed by atoms with Crippen LogP contribution < -0.4 is 20.1 Å². The molecule has 210 valence electrons. The maximum absolute atomic E-state index is 13.3. The maximum atomic E-state index is 13.3. The number of benzene rings is 3. The van der Waals surface area contributed by atoms with Gasteiger partial charge in [0.2, 0.25) is 5.78 Å². The number of ether oxygens (including phenoxy) is 3. The number of phenols is 3. The molecule has 1 fully saturated rings. The molecule has 1 aliphatic heterocycles. The Morgan fingerprint density at radius 1 is 0.875 bits per heavy atom. The van der Waals surface area contributed by atoms with Crippen LogP contribution >= 0.6 is 0 Å². The van der Waals surface area contributed by atoms with Crippen molar-refractivity contribution in [1.82, 2.24) is 10.6 Å². The molecule has 0 saturated carbocycles. The van der Waals surface area contributed by atoms with E-state index in [1.807, 2.05) is 0 Å². The van der Waals surface area contributed by atoms with E-state index in [1.165, 1.54) is 68.8 Å². The molecule has 3 aromatic carbocycles. The molecule has 1 heterocycles. The van der Waals surface area contributed by atoms with Crippen LogP contribution in [0, 0.1) is 0 Å². The average molecular weight is 551 g/mol. The Morgan fingerprint density at radius 2 is 1.50 bits per heavy atom. The molecular weight excluding hydrogens is 520 g/mol. The van der Waals surface area contributed by atoms with Crippen molar-refractivity contribution >= 4 is 17.7 Å². The summed E-state index contributed by atoms with van der Waals surface area (Å²) in [5.41, 5.74) is -0.0615. The number of aromatic hydroxyl groups is 3. The lowest BCUT2D eigenvalue weighted by atomic mass is 9.98. The normalized spacial score (nSPS) is 16.9. The molecule has 11 heteroatoms. The molecule has 3 aromatic rings. The van der Waals surface area contributed by atoms with Gasteiger partial charge in [-0.05, 0) is 67.9 Å². The summed E-state index contributed by atoms with van der Waals surface area (Å²) in [5.74, 6) is -2.76. The fourth-order valence-corrected chi connectivity index (χ4v) is 4.51. The van der Waals surface area contributed by atoms with Crippen molar-refractivity contribution < 1.29 is 43.9 Å². The minimum absolute atomic E-state index is 0.0290. The van der Waals surface area contributed by atoms with E-state index in [9.17, 15) is 29.7 Å². The number of amides is 1. The summed E-state index contributed by atoms with van der Waals surface area (Å²) >= 11 is 0. The van der Waals surface area contributed by atoms with Crippen LogP contribution in [-0.2, 0) is 4.74 Å². The fraction of sp³-hybridized carbons (Fsp3) is 0.276. The SMILES string of the molecule is COc1cc(C(=O)O[C@@H]2CCCNC[C@H]2NC(=O)c2ccc(O)cc2)cc(OC)c1C(=O)c1c(O)cccc1O. The zero-order chi connectivity index (χ0) is 28.8. The Kier molecular flexibility index (Phi) is 8.75. The summed E-state index contributed by atoms with van der Waals surface area (Å²) < 4.78 is 16.6. The second kappa shape index (κ2) is 12.4. The highest BCUT2D eigenvalue weighted by atomic mass is 16.5. The van der Waals surface area contributed by atoms with Crippen LogP contribution in [0.4, 0.5) is 0 Å². The molecule has 1 aliphatic rings. The molecule has 0 bridgehead atoms. The Hall–Kier alpha value is -4.77. The van der Waals surface area contributed by atoms with Crippen LogP contribution in [0.2, 0.25) is 0 Å². The monoisotopic (exact) mass is 550 g/mol. The van der Waals surface area contributed by atoms with Crippen LogP contribution in [0.3, 0.4) is 0 Å². The number of carbonyl (C=O) groups excluding carboxylic acids is 3. The molecule has 0 spiro atoms. The summed E-state index contributed by atoms with van der Waals surface area (Å²) in [6, 6.07) is 11.8. The van der Waals surface area contributed by atoms with Crippen molar-refractivity contribution in [2.45, 2.75) is 25.0 Å². The smallest absolute Gasteiger partial charge is 0.338 e. The third kappa shape index (κ3) is 6.10. The van der Waals surface area contributed by atoms with E-state index < -0.39 is 35.4 Å². The summed E-state index contributed by atoms with van der Waals surface area (Å²) in [6.07, 6.45) is 0.518. The lowest BCUT2D eigenvalue weighted by Crippen LogP contribution is -2.49. The average Bonchev–Trinajstić information content (AvgIpc) is 3.16. The number of hydrogen-bond acceptors (Lipinski definition) is 10. The fourth-order valence-electron chi connectivity index (χ4n) is 4.51. The van der Waals surface area contributed by atoms with Gasteiger partial charge in [-0.25, -0.2) is 4.79 Å². The van der Waals surface area contributed by atoms with Crippen molar-refractivity contribution in [1.29, 1.82) is 0 Å². The quantitative estimate of drug-likeness (QED) is 0.208. The third-order valence-corrected chi connectivity index (χ3v) is 6.58. The Labute approximate surface area is 230 Å². The Bertz CT molecular complexity index is 1360. The molecule has 11 nitrogen and oxygen atoms in total. The number of ketones is 1. The van der Waals surface area contributed by atoms with E-state index >= 15 is 0 Å². The van der Waals surface area contributed by atoms with Crippen molar-refractivity contribution in [3.05, 3.63) is 76.9 Å². The molecular formula is C29H30N2O9. The number of nitrogens with one attached hydrogen (secondary N) is 2. The van der Waals surface area contributed by atoms with Gasteiger partial charge in [0.05, 0.1) is 25.8 Å². The highest BCUT2D eigenvalue weighted by molar-refractivity contribution is 6.16. The summed E-state index contributed by atoms with van der Waals surface area (Å²) in [7, 11) is 2.61. The van der Waals surface area contributed by atoms with E-state index in [2.05, 4.69) is 10.6 Å². The number of rotatable bonds is 8. The van der Waals surface area contributed by atoms with Gasteiger partial charge in [0.1, 0.15) is 46.0 Å². The van der Waals surface area contributed by atoms with Gasteiger partial charge in [-0.1, -0.05) is 6.07 Å². The van der Waals surface area contributed by atoms with Crippen LogP contribution in [0.15, 0.2) is 54.6 Å². The Balaban J connectivity index is 1.59. The van der Waals surface area contributed by atoms with Crippen molar-refractivity contribution in [3.8, 4) is 28.7 Å². The highest BCUT2D eigenvalue weighted by Crippen LogP contribution is 2.37. The van der Waals surface area contributed by atoms with Gasteiger partial charge in [-0.2, -0.15) is 0 Å². The Morgan fingerprint density at radius 3 is 2.10 bits per heavy atom. The van der Waals surface area contributed by atoms with E-state index in [0.29, 0.717) is 31.5 Å². The molecule has 1 saturated heterocycles. The predicted octanol–water partition coefficient (Wildman–Crippen LogP) is 2.76. The van der Waals surface area contributed by atoms with Gasteiger partial charge in [-0.15, -0.1) is 0 Å². The van der Waals surface area contributed by atoms with Gasteiger partial charge >= 0.3 is 5.97 Å². The van der Waals surface area contributed by atoms with E-state index in [1.54, 1.807) is 0 Å². The van der Waals surface area contributed by atoms with Crippen molar-refractivity contribution in [2.75, 3.05) is 27.3 Å². The number of phenolic OH excluding ortho intramolecular Hbond substituents is 3. The van der Waals surface area contributed by atoms with Gasteiger partial charge in [0.25, 0.3) is 5.91 Å². The molecule has 2 atom stereocenters. The molecule has 5 N–H and O–H groups in total. The van der Waals surface area contributed by atoms with Crippen molar-refractivity contribution in [3.63, 3.8) is 0 Å².